The number of rotatable bonds is 8. The van der Waals surface area contributed by atoms with Crippen LogP contribution in [0, 0.1) is 11.3 Å². The summed E-state index contributed by atoms with van der Waals surface area (Å²) >= 11 is 0. The van der Waals surface area contributed by atoms with E-state index in [2.05, 4.69) is 15.5 Å². The zero-order valence-electron chi connectivity index (χ0n) is 10.1. The van der Waals surface area contributed by atoms with Gasteiger partial charge in [-0.1, -0.05) is 12.8 Å². The molecule has 1 aromatic rings. The van der Waals surface area contributed by atoms with Crippen LogP contribution in [0.25, 0.3) is 0 Å². The molecule has 0 fully saturated rings. The molecule has 96 valence electrons. The van der Waals surface area contributed by atoms with E-state index in [0.717, 1.165) is 19.3 Å². The summed E-state index contributed by atoms with van der Waals surface area (Å²) in [5.41, 5.74) is 0.482. The van der Waals surface area contributed by atoms with Crippen molar-refractivity contribution in [3.63, 3.8) is 0 Å². The third kappa shape index (κ3) is 5.25. The molecule has 0 aromatic carbocycles. The Hall–Kier alpha value is -2.16. The van der Waals surface area contributed by atoms with Crippen LogP contribution < -0.4 is 5.32 Å². The maximum atomic E-state index is 10.3. The molecule has 18 heavy (non-hydrogen) atoms. The molecule has 0 amide bonds. The Morgan fingerprint density at radius 1 is 1.39 bits per heavy atom. The van der Waals surface area contributed by atoms with Crippen LogP contribution in [0.1, 0.15) is 37.7 Å². The van der Waals surface area contributed by atoms with E-state index in [0.29, 0.717) is 24.3 Å². The normalized spacial score (nSPS) is 9.72. The van der Waals surface area contributed by atoms with Crippen LogP contribution in [0.5, 0.6) is 0 Å². The number of hydrogen-bond acceptors (Lipinski definition) is 5. The Labute approximate surface area is 106 Å². The zero-order valence-corrected chi connectivity index (χ0v) is 10.1. The van der Waals surface area contributed by atoms with E-state index in [1.165, 1.54) is 6.20 Å². The van der Waals surface area contributed by atoms with Gasteiger partial charge in [-0.15, -0.1) is 5.10 Å². The first-order chi connectivity index (χ1) is 8.74. The second-order valence-corrected chi connectivity index (χ2v) is 3.89. The van der Waals surface area contributed by atoms with Gasteiger partial charge in [-0.3, -0.25) is 4.79 Å². The summed E-state index contributed by atoms with van der Waals surface area (Å²) in [5, 5.41) is 27.9. The smallest absolute Gasteiger partial charge is 0.303 e. The largest absolute Gasteiger partial charge is 0.481 e. The molecule has 6 heteroatoms. The number of unbranched alkanes of at least 4 members (excludes halogenated alkanes) is 3. The first kappa shape index (κ1) is 13.9. The fourth-order valence-electron chi connectivity index (χ4n) is 1.51. The molecule has 0 aliphatic carbocycles. The van der Waals surface area contributed by atoms with Crippen molar-refractivity contribution in [3.05, 3.63) is 17.8 Å². The molecule has 1 heterocycles. The minimum Gasteiger partial charge on any atom is -0.481 e. The third-order valence-corrected chi connectivity index (χ3v) is 2.45. The van der Waals surface area contributed by atoms with Crippen LogP contribution in [0.2, 0.25) is 0 Å². The van der Waals surface area contributed by atoms with Gasteiger partial charge in [0.25, 0.3) is 0 Å². The van der Waals surface area contributed by atoms with E-state index in [4.69, 9.17) is 10.4 Å². The summed E-state index contributed by atoms with van der Waals surface area (Å²) in [6.45, 7) is 0.709. The SMILES string of the molecule is N#Cc1ccnnc1NCCCCCCC(=O)O. The number of aromatic nitrogens is 2. The summed E-state index contributed by atoms with van der Waals surface area (Å²) < 4.78 is 0. The van der Waals surface area contributed by atoms with Crippen LogP contribution in [-0.2, 0) is 4.79 Å². The van der Waals surface area contributed by atoms with Gasteiger partial charge in [0.2, 0.25) is 0 Å². The first-order valence-electron chi connectivity index (χ1n) is 5.91. The molecule has 0 spiro atoms. The van der Waals surface area contributed by atoms with Crippen molar-refractivity contribution >= 4 is 11.8 Å². The van der Waals surface area contributed by atoms with Crippen LogP contribution in [0.3, 0.4) is 0 Å². The minimum absolute atomic E-state index is 0.232. The number of carboxylic acid groups (broad SMARTS) is 1. The number of nitrogens with zero attached hydrogens (tertiary/aromatic N) is 3. The summed E-state index contributed by atoms with van der Waals surface area (Å²) in [6.07, 6.45) is 5.21. The van der Waals surface area contributed by atoms with E-state index < -0.39 is 5.97 Å². The topological polar surface area (TPSA) is 98.9 Å². The molecule has 0 aliphatic heterocycles. The Bertz CT molecular complexity index is 428. The van der Waals surface area contributed by atoms with Crippen molar-refractivity contribution in [2.45, 2.75) is 32.1 Å². The number of anilines is 1. The number of carboxylic acids is 1. The number of nitriles is 1. The molecule has 0 saturated carbocycles. The second kappa shape index (κ2) is 8.01. The highest BCUT2D eigenvalue weighted by atomic mass is 16.4. The van der Waals surface area contributed by atoms with E-state index in [-0.39, 0.29) is 6.42 Å². The Morgan fingerprint density at radius 2 is 2.17 bits per heavy atom. The summed E-state index contributed by atoms with van der Waals surface area (Å²) in [6, 6.07) is 3.65. The average molecular weight is 248 g/mol. The van der Waals surface area contributed by atoms with Crippen molar-refractivity contribution in [3.8, 4) is 6.07 Å². The highest BCUT2D eigenvalue weighted by Crippen LogP contribution is 2.09. The second-order valence-electron chi connectivity index (χ2n) is 3.89. The van der Waals surface area contributed by atoms with E-state index >= 15 is 0 Å². The van der Waals surface area contributed by atoms with Gasteiger partial charge in [-0.25, -0.2) is 0 Å². The Kier molecular flexibility index (Phi) is 6.19. The molecule has 0 saturated heterocycles. The van der Waals surface area contributed by atoms with Crippen molar-refractivity contribution < 1.29 is 9.90 Å². The van der Waals surface area contributed by atoms with Gasteiger partial charge in [-0.2, -0.15) is 10.4 Å². The lowest BCUT2D eigenvalue weighted by molar-refractivity contribution is -0.137. The summed E-state index contributed by atoms with van der Waals surface area (Å²) in [7, 11) is 0. The number of carbonyl (C=O) groups is 1. The minimum atomic E-state index is -0.744. The molecule has 0 radical (unpaired) electrons. The fraction of sp³-hybridized carbons (Fsp3) is 0.500. The summed E-state index contributed by atoms with van der Waals surface area (Å²) in [5.74, 6) is -0.239. The molecule has 2 N–H and O–H groups in total. The standard InChI is InChI=1S/C12H16N4O2/c13-9-10-6-8-15-16-12(10)14-7-4-2-1-3-5-11(17)18/h6,8H,1-5,7H2,(H,14,16)(H,17,18). The average Bonchev–Trinajstić information content (AvgIpc) is 2.37. The number of hydrogen-bond donors (Lipinski definition) is 2. The highest BCUT2D eigenvalue weighted by molar-refractivity contribution is 5.66. The van der Waals surface area contributed by atoms with Gasteiger partial charge in [0.1, 0.15) is 6.07 Å². The maximum absolute atomic E-state index is 10.3. The third-order valence-electron chi connectivity index (χ3n) is 2.45. The van der Waals surface area contributed by atoms with Crippen LogP contribution in [0.15, 0.2) is 12.3 Å². The first-order valence-corrected chi connectivity index (χ1v) is 5.91. The van der Waals surface area contributed by atoms with Crippen LogP contribution in [0.4, 0.5) is 5.82 Å². The Morgan fingerprint density at radius 3 is 2.89 bits per heavy atom. The van der Waals surface area contributed by atoms with Gasteiger partial charge in [0, 0.05) is 13.0 Å². The number of aliphatic carboxylic acids is 1. The van der Waals surface area contributed by atoms with Crippen molar-refractivity contribution in [2.24, 2.45) is 0 Å². The molecule has 0 atom stereocenters. The van der Waals surface area contributed by atoms with Crippen molar-refractivity contribution in [1.82, 2.24) is 10.2 Å². The maximum Gasteiger partial charge on any atom is 0.303 e. The van der Waals surface area contributed by atoms with Gasteiger partial charge in [0.05, 0.1) is 11.8 Å². The molecule has 6 nitrogen and oxygen atoms in total. The van der Waals surface area contributed by atoms with Crippen LogP contribution in [-0.4, -0.2) is 27.8 Å². The molecule has 0 bridgehead atoms. The molecular weight excluding hydrogens is 232 g/mol. The van der Waals surface area contributed by atoms with Crippen molar-refractivity contribution in [2.75, 3.05) is 11.9 Å². The van der Waals surface area contributed by atoms with Gasteiger partial charge < -0.3 is 10.4 Å². The molecule has 0 unspecified atom stereocenters. The Balaban J connectivity index is 2.15. The summed E-state index contributed by atoms with van der Waals surface area (Å²) in [4.78, 5) is 10.3. The van der Waals surface area contributed by atoms with Gasteiger partial charge in [0.15, 0.2) is 5.82 Å². The van der Waals surface area contributed by atoms with E-state index in [1.807, 2.05) is 6.07 Å². The lowest BCUT2D eigenvalue weighted by atomic mass is 10.1. The molecule has 1 rings (SSSR count). The lowest BCUT2D eigenvalue weighted by Gasteiger charge is -2.05. The van der Waals surface area contributed by atoms with Crippen molar-refractivity contribution in [1.29, 1.82) is 5.26 Å². The van der Waals surface area contributed by atoms with E-state index in [9.17, 15) is 4.79 Å². The lowest BCUT2D eigenvalue weighted by Crippen LogP contribution is -2.06. The van der Waals surface area contributed by atoms with Crippen LogP contribution >= 0.6 is 0 Å². The predicted octanol–water partition coefficient (Wildman–Crippen LogP) is 1.80. The zero-order chi connectivity index (χ0) is 13.2. The quantitative estimate of drug-likeness (QED) is 0.680. The predicted molar refractivity (Wildman–Crippen MR) is 66.0 cm³/mol. The fourth-order valence-corrected chi connectivity index (χ4v) is 1.51. The van der Waals surface area contributed by atoms with E-state index in [1.54, 1.807) is 6.07 Å². The molecule has 0 aliphatic rings. The highest BCUT2D eigenvalue weighted by Gasteiger charge is 2.02. The molecule has 1 aromatic heterocycles. The van der Waals surface area contributed by atoms with Gasteiger partial charge in [-0.05, 0) is 18.9 Å². The van der Waals surface area contributed by atoms with Gasteiger partial charge >= 0.3 is 5.97 Å². The monoisotopic (exact) mass is 248 g/mol. The molecular formula is C12H16N4O2. The number of nitrogens with one attached hydrogen (secondary N) is 1.